The Morgan fingerprint density at radius 3 is 2.69 bits per heavy atom. The normalized spacial score (nSPS) is 19.2. The number of benzene rings is 2. The van der Waals surface area contributed by atoms with E-state index in [0.717, 1.165) is 42.5 Å². The summed E-state index contributed by atoms with van der Waals surface area (Å²) >= 11 is 0. The molecule has 2 aliphatic heterocycles. The van der Waals surface area contributed by atoms with E-state index in [2.05, 4.69) is 4.72 Å². The predicted molar refractivity (Wildman–Crippen MR) is 112 cm³/mol. The lowest BCUT2D eigenvalue weighted by Gasteiger charge is -2.30. The molecule has 7 heteroatoms. The summed E-state index contributed by atoms with van der Waals surface area (Å²) in [7, 11) is -3.61. The number of fused-ring (bicyclic) bond motifs is 1. The van der Waals surface area contributed by atoms with Gasteiger partial charge in [0.25, 0.3) is 5.91 Å². The van der Waals surface area contributed by atoms with E-state index < -0.39 is 10.0 Å². The van der Waals surface area contributed by atoms with E-state index in [-0.39, 0.29) is 23.5 Å². The molecule has 0 bridgehead atoms. The molecule has 4 rings (SSSR count). The molecule has 2 aliphatic rings. The van der Waals surface area contributed by atoms with Crippen LogP contribution in [0.1, 0.15) is 40.7 Å². The van der Waals surface area contributed by atoms with Gasteiger partial charge in [-0.1, -0.05) is 17.7 Å². The third kappa shape index (κ3) is 4.37. The van der Waals surface area contributed by atoms with E-state index in [1.54, 1.807) is 23.1 Å². The van der Waals surface area contributed by atoms with Crippen LogP contribution in [-0.2, 0) is 21.2 Å². The Balaban J connectivity index is 1.54. The number of sulfonamides is 1. The van der Waals surface area contributed by atoms with E-state index >= 15 is 0 Å². The van der Waals surface area contributed by atoms with Crippen molar-refractivity contribution in [2.75, 3.05) is 24.6 Å². The second-order valence-electron chi connectivity index (χ2n) is 7.70. The highest BCUT2D eigenvalue weighted by molar-refractivity contribution is 7.89. The summed E-state index contributed by atoms with van der Waals surface area (Å²) in [4.78, 5) is 15.0. The van der Waals surface area contributed by atoms with Crippen LogP contribution in [0.3, 0.4) is 0 Å². The first-order valence-electron chi connectivity index (χ1n) is 10.1. The number of nitrogens with one attached hydrogen (secondary N) is 1. The Morgan fingerprint density at radius 1 is 1.17 bits per heavy atom. The third-order valence-electron chi connectivity index (χ3n) is 5.55. The molecule has 0 saturated carbocycles. The number of ether oxygens (including phenoxy) is 1. The van der Waals surface area contributed by atoms with Crippen LogP contribution in [0.4, 0.5) is 5.69 Å². The van der Waals surface area contributed by atoms with E-state index in [0.29, 0.717) is 18.7 Å². The Labute approximate surface area is 171 Å². The highest BCUT2D eigenvalue weighted by atomic mass is 32.2. The van der Waals surface area contributed by atoms with Gasteiger partial charge in [0.1, 0.15) is 0 Å². The lowest BCUT2D eigenvalue weighted by Crippen LogP contribution is -2.36. The zero-order valence-corrected chi connectivity index (χ0v) is 17.4. The Morgan fingerprint density at radius 2 is 1.97 bits per heavy atom. The number of nitrogens with zero attached hydrogens (tertiary/aromatic N) is 1. The summed E-state index contributed by atoms with van der Waals surface area (Å²) < 4.78 is 33.5. The summed E-state index contributed by atoms with van der Waals surface area (Å²) in [6, 6.07) is 12.5. The molecule has 0 unspecified atom stereocenters. The molecule has 1 N–H and O–H groups in total. The summed E-state index contributed by atoms with van der Waals surface area (Å²) in [5, 5.41) is 0. The molecule has 0 aromatic heterocycles. The number of carbonyl (C=O) groups is 1. The van der Waals surface area contributed by atoms with Crippen molar-refractivity contribution in [2.45, 2.75) is 43.6 Å². The molecule has 154 valence electrons. The average molecular weight is 415 g/mol. The lowest BCUT2D eigenvalue weighted by molar-refractivity contribution is 0.0985. The number of carbonyl (C=O) groups excluding carboxylic acids is 1. The fourth-order valence-corrected chi connectivity index (χ4v) is 5.01. The number of aryl methyl sites for hydroxylation is 2. The zero-order valence-electron chi connectivity index (χ0n) is 16.6. The molecule has 2 aromatic rings. The molecule has 1 amide bonds. The van der Waals surface area contributed by atoms with Gasteiger partial charge in [0, 0.05) is 30.9 Å². The van der Waals surface area contributed by atoms with Crippen molar-refractivity contribution in [3.8, 4) is 0 Å². The highest BCUT2D eigenvalue weighted by Gasteiger charge is 2.26. The van der Waals surface area contributed by atoms with E-state index in [1.807, 2.05) is 31.2 Å². The SMILES string of the molecule is Cc1ccc(C(=O)N2CCCc3cc(S(=O)(=O)NC[C@H]4CCCO4)ccc32)cc1. The molecule has 1 fully saturated rings. The fraction of sp³-hybridized carbons (Fsp3) is 0.409. The van der Waals surface area contributed by atoms with Crippen molar-refractivity contribution < 1.29 is 17.9 Å². The topological polar surface area (TPSA) is 75.7 Å². The van der Waals surface area contributed by atoms with Crippen LogP contribution in [0.5, 0.6) is 0 Å². The largest absolute Gasteiger partial charge is 0.377 e. The van der Waals surface area contributed by atoms with Gasteiger partial charge in [0.15, 0.2) is 0 Å². The summed E-state index contributed by atoms with van der Waals surface area (Å²) in [5.41, 5.74) is 3.42. The van der Waals surface area contributed by atoms with E-state index in [9.17, 15) is 13.2 Å². The maximum atomic E-state index is 13.0. The Bertz CT molecular complexity index is 996. The quantitative estimate of drug-likeness (QED) is 0.816. The van der Waals surface area contributed by atoms with Gasteiger partial charge in [0.2, 0.25) is 10.0 Å². The number of rotatable bonds is 5. The van der Waals surface area contributed by atoms with Gasteiger partial charge in [-0.25, -0.2) is 13.1 Å². The van der Waals surface area contributed by atoms with E-state index in [4.69, 9.17) is 4.74 Å². The molecular formula is C22H26N2O4S. The van der Waals surface area contributed by atoms with Crippen LogP contribution in [0.15, 0.2) is 47.4 Å². The zero-order chi connectivity index (χ0) is 20.4. The minimum Gasteiger partial charge on any atom is -0.377 e. The van der Waals surface area contributed by atoms with Gasteiger partial charge in [-0.15, -0.1) is 0 Å². The van der Waals surface area contributed by atoms with E-state index in [1.165, 1.54) is 0 Å². The van der Waals surface area contributed by atoms with Crippen molar-refractivity contribution in [1.82, 2.24) is 4.72 Å². The Hall–Kier alpha value is -2.22. The van der Waals surface area contributed by atoms with Crippen LogP contribution >= 0.6 is 0 Å². The molecule has 6 nitrogen and oxygen atoms in total. The van der Waals surface area contributed by atoms with Gasteiger partial charge in [-0.3, -0.25) is 4.79 Å². The molecular weight excluding hydrogens is 388 g/mol. The van der Waals surface area contributed by atoms with Gasteiger partial charge >= 0.3 is 0 Å². The van der Waals surface area contributed by atoms with Crippen LogP contribution in [0.25, 0.3) is 0 Å². The first-order chi connectivity index (χ1) is 13.9. The Kier molecular flexibility index (Phi) is 5.72. The van der Waals surface area contributed by atoms with Crippen LogP contribution in [-0.4, -0.2) is 40.1 Å². The standard InChI is InChI=1S/C22H26N2O4S/c1-16-6-8-17(9-7-16)22(25)24-12-2-4-18-14-20(10-11-21(18)24)29(26,27)23-15-19-5-3-13-28-19/h6-11,14,19,23H,2-5,12-13,15H2,1H3/t19-/m1/s1. The highest BCUT2D eigenvalue weighted by Crippen LogP contribution is 2.30. The fourth-order valence-electron chi connectivity index (χ4n) is 3.89. The predicted octanol–water partition coefficient (Wildman–Crippen LogP) is 3.05. The molecule has 0 aliphatic carbocycles. The second kappa shape index (κ2) is 8.26. The van der Waals surface area contributed by atoms with Gasteiger partial charge in [0.05, 0.1) is 11.0 Å². The maximum Gasteiger partial charge on any atom is 0.258 e. The summed E-state index contributed by atoms with van der Waals surface area (Å²) in [6.07, 6.45) is 3.35. The lowest BCUT2D eigenvalue weighted by atomic mass is 10.0. The van der Waals surface area contributed by atoms with Crippen molar-refractivity contribution in [1.29, 1.82) is 0 Å². The van der Waals surface area contributed by atoms with Gasteiger partial charge < -0.3 is 9.64 Å². The first kappa shape index (κ1) is 20.1. The first-order valence-corrected chi connectivity index (χ1v) is 11.5. The number of anilines is 1. The van der Waals surface area contributed by atoms with Crippen LogP contribution in [0, 0.1) is 6.92 Å². The minimum absolute atomic E-state index is 0.0509. The average Bonchev–Trinajstić information content (AvgIpc) is 3.25. The maximum absolute atomic E-state index is 13.0. The molecule has 1 saturated heterocycles. The molecule has 29 heavy (non-hydrogen) atoms. The molecule has 2 heterocycles. The number of amides is 1. The molecule has 0 radical (unpaired) electrons. The van der Waals surface area contributed by atoms with Gasteiger partial charge in [-0.2, -0.15) is 0 Å². The van der Waals surface area contributed by atoms with Crippen LogP contribution < -0.4 is 9.62 Å². The summed E-state index contributed by atoms with van der Waals surface area (Å²) in [5.74, 6) is -0.0573. The third-order valence-corrected chi connectivity index (χ3v) is 6.97. The monoisotopic (exact) mass is 414 g/mol. The molecule has 2 aromatic carbocycles. The molecule has 1 atom stereocenters. The number of hydrogen-bond donors (Lipinski definition) is 1. The van der Waals surface area contributed by atoms with Crippen molar-refractivity contribution >= 4 is 21.6 Å². The van der Waals surface area contributed by atoms with Crippen LogP contribution in [0.2, 0.25) is 0 Å². The minimum atomic E-state index is -3.61. The summed E-state index contributed by atoms with van der Waals surface area (Å²) in [6.45, 7) is 3.59. The van der Waals surface area contributed by atoms with Crippen molar-refractivity contribution in [3.05, 3.63) is 59.2 Å². The van der Waals surface area contributed by atoms with Crippen molar-refractivity contribution in [3.63, 3.8) is 0 Å². The number of hydrogen-bond acceptors (Lipinski definition) is 4. The van der Waals surface area contributed by atoms with Crippen molar-refractivity contribution in [2.24, 2.45) is 0 Å². The smallest absolute Gasteiger partial charge is 0.258 e. The molecule has 0 spiro atoms. The second-order valence-corrected chi connectivity index (χ2v) is 9.47. The van der Waals surface area contributed by atoms with Gasteiger partial charge in [-0.05, 0) is 68.5 Å².